The molecule has 32 heavy (non-hydrogen) atoms. The molecule has 1 aromatic carbocycles. The topological polar surface area (TPSA) is 117 Å². The van der Waals surface area contributed by atoms with Gasteiger partial charge in [0, 0.05) is 27.5 Å². The molecule has 4 rings (SSSR count). The number of primary sulfonamides is 1. The molecule has 3 heterocycles. The van der Waals surface area contributed by atoms with E-state index in [-0.39, 0.29) is 22.8 Å². The molecule has 166 valence electrons. The van der Waals surface area contributed by atoms with Crippen LogP contribution in [0.2, 0.25) is 0 Å². The van der Waals surface area contributed by atoms with Gasteiger partial charge in [-0.05, 0) is 63.6 Å². The maximum absolute atomic E-state index is 13.1. The fourth-order valence-corrected chi connectivity index (χ4v) is 5.35. The Hall–Kier alpha value is -3.08. The second-order valence-corrected chi connectivity index (χ2v) is 10.5. The summed E-state index contributed by atoms with van der Waals surface area (Å²) in [6.07, 6.45) is 1.42. The minimum absolute atomic E-state index is 0.0150. The van der Waals surface area contributed by atoms with Crippen LogP contribution in [0.4, 0.5) is 0 Å². The van der Waals surface area contributed by atoms with E-state index >= 15 is 0 Å². The zero-order valence-electron chi connectivity index (χ0n) is 18.0. The highest BCUT2D eigenvalue weighted by Gasteiger charge is 2.19. The van der Waals surface area contributed by atoms with Gasteiger partial charge in [0.15, 0.2) is 5.78 Å². The Morgan fingerprint density at radius 3 is 2.41 bits per heavy atom. The molecule has 0 saturated carbocycles. The first-order chi connectivity index (χ1) is 15.0. The van der Waals surface area contributed by atoms with E-state index in [1.165, 1.54) is 34.4 Å². The molecule has 3 aromatic heterocycles. The molecule has 0 bridgehead atoms. The molecule has 8 nitrogen and oxygen atoms in total. The largest absolute Gasteiger partial charge is 0.318 e. The van der Waals surface area contributed by atoms with E-state index in [1.807, 2.05) is 32.3 Å². The number of rotatable bonds is 5. The monoisotopic (exact) mass is 470 g/mol. The van der Waals surface area contributed by atoms with Crippen LogP contribution in [0.3, 0.4) is 0 Å². The number of Topliss-reactive ketones (excluding diaryl/α,β-unsaturated/α-hetero) is 1. The lowest BCUT2D eigenvalue weighted by atomic mass is 10.1. The average Bonchev–Trinajstić information content (AvgIpc) is 3.19. The third-order valence-corrected chi connectivity index (χ3v) is 7.67. The number of carbonyl (C=O) groups is 1. The molecule has 0 amide bonds. The first-order valence-electron chi connectivity index (χ1n) is 9.79. The zero-order valence-corrected chi connectivity index (χ0v) is 19.7. The Morgan fingerprint density at radius 1 is 1.12 bits per heavy atom. The quantitative estimate of drug-likeness (QED) is 0.450. The van der Waals surface area contributed by atoms with Gasteiger partial charge in [-0.3, -0.25) is 14.2 Å². The summed E-state index contributed by atoms with van der Waals surface area (Å²) in [4.78, 5) is 32.1. The van der Waals surface area contributed by atoms with Crippen LogP contribution in [0.5, 0.6) is 0 Å². The average molecular weight is 471 g/mol. The second kappa shape index (κ2) is 7.80. The summed E-state index contributed by atoms with van der Waals surface area (Å²) in [5, 5.41) is 5.73. The van der Waals surface area contributed by atoms with Crippen LogP contribution in [0, 0.1) is 27.7 Å². The van der Waals surface area contributed by atoms with Gasteiger partial charge in [0.2, 0.25) is 10.0 Å². The van der Waals surface area contributed by atoms with Gasteiger partial charge in [0.25, 0.3) is 5.56 Å². The van der Waals surface area contributed by atoms with Crippen molar-refractivity contribution in [3.63, 3.8) is 0 Å². The highest BCUT2D eigenvalue weighted by molar-refractivity contribution is 7.89. The standard InChI is InChI=1S/C22H22N4O4S2/c1-12-9-18(14(3)26(12)16-5-7-17(8-6-16)32(23,29)30)19(27)10-25-11-24-21-20(22(25)28)13(2)15(4)31-21/h5-9,11H,10H2,1-4H3,(H2,23,29,30). The van der Waals surface area contributed by atoms with Crippen LogP contribution < -0.4 is 10.7 Å². The van der Waals surface area contributed by atoms with Crippen molar-refractivity contribution < 1.29 is 13.2 Å². The number of nitrogens with two attached hydrogens (primary N) is 1. The Labute approximate surface area is 189 Å². The maximum atomic E-state index is 13.1. The second-order valence-electron chi connectivity index (χ2n) is 7.72. The van der Waals surface area contributed by atoms with Crippen LogP contribution in [0.15, 0.2) is 46.3 Å². The molecule has 0 fully saturated rings. The van der Waals surface area contributed by atoms with Gasteiger partial charge in [0.1, 0.15) is 4.83 Å². The van der Waals surface area contributed by atoms with Gasteiger partial charge in [-0.15, -0.1) is 11.3 Å². The van der Waals surface area contributed by atoms with Crippen LogP contribution in [-0.4, -0.2) is 28.3 Å². The number of benzene rings is 1. The third kappa shape index (κ3) is 3.70. The van der Waals surface area contributed by atoms with E-state index in [0.29, 0.717) is 27.2 Å². The minimum Gasteiger partial charge on any atom is -0.318 e. The van der Waals surface area contributed by atoms with Crippen molar-refractivity contribution in [3.8, 4) is 5.69 Å². The molecular formula is C22H22N4O4S2. The van der Waals surface area contributed by atoms with Crippen LogP contribution in [-0.2, 0) is 16.6 Å². The van der Waals surface area contributed by atoms with E-state index in [4.69, 9.17) is 5.14 Å². The number of thiophene rings is 1. The Morgan fingerprint density at radius 2 is 1.78 bits per heavy atom. The molecule has 0 aliphatic heterocycles. The summed E-state index contributed by atoms with van der Waals surface area (Å²) in [6, 6.07) is 7.89. The molecule has 4 aromatic rings. The van der Waals surface area contributed by atoms with Crippen LogP contribution in [0.1, 0.15) is 32.2 Å². The first-order valence-corrected chi connectivity index (χ1v) is 12.2. The smallest absolute Gasteiger partial charge is 0.262 e. The summed E-state index contributed by atoms with van der Waals surface area (Å²) in [6.45, 7) is 7.38. The molecule has 2 N–H and O–H groups in total. The minimum atomic E-state index is -3.79. The number of aryl methyl sites for hydroxylation is 3. The fourth-order valence-electron chi connectivity index (χ4n) is 3.85. The van der Waals surface area contributed by atoms with Crippen molar-refractivity contribution in [2.45, 2.75) is 39.1 Å². The molecule has 0 radical (unpaired) electrons. The number of hydrogen-bond acceptors (Lipinski definition) is 6. The van der Waals surface area contributed by atoms with E-state index in [2.05, 4.69) is 4.98 Å². The van der Waals surface area contributed by atoms with Crippen molar-refractivity contribution in [1.29, 1.82) is 0 Å². The SMILES string of the molecule is Cc1sc2ncn(CC(=O)c3cc(C)n(-c4ccc(S(N)(=O)=O)cc4)c3C)c(=O)c2c1C. The lowest BCUT2D eigenvalue weighted by Crippen LogP contribution is -2.24. The van der Waals surface area contributed by atoms with E-state index in [1.54, 1.807) is 18.2 Å². The summed E-state index contributed by atoms with van der Waals surface area (Å²) in [7, 11) is -3.79. The van der Waals surface area contributed by atoms with Crippen molar-refractivity contribution in [1.82, 2.24) is 14.1 Å². The number of hydrogen-bond donors (Lipinski definition) is 1. The van der Waals surface area contributed by atoms with Crippen molar-refractivity contribution >= 4 is 37.4 Å². The number of carbonyl (C=O) groups excluding carboxylic acids is 1. The lowest BCUT2D eigenvalue weighted by Gasteiger charge is -2.11. The number of ketones is 1. The van der Waals surface area contributed by atoms with Crippen LogP contribution >= 0.6 is 11.3 Å². The van der Waals surface area contributed by atoms with Crippen molar-refractivity contribution in [2.75, 3.05) is 0 Å². The predicted octanol–water partition coefficient (Wildman–Crippen LogP) is 3.01. The van der Waals surface area contributed by atoms with Gasteiger partial charge in [0.05, 0.1) is 23.2 Å². The molecule has 0 aliphatic carbocycles. The van der Waals surface area contributed by atoms with Gasteiger partial charge < -0.3 is 4.57 Å². The maximum Gasteiger partial charge on any atom is 0.262 e. The number of sulfonamides is 1. The van der Waals surface area contributed by atoms with Gasteiger partial charge in [-0.1, -0.05) is 0 Å². The lowest BCUT2D eigenvalue weighted by molar-refractivity contribution is 0.0970. The van der Waals surface area contributed by atoms with Gasteiger partial charge >= 0.3 is 0 Å². The molecule has 0 atom stereocenters. The van der Waals surface area contributed by atoms with E-state index in [9.17, 15) is 18.0 Å². The fraction of sp³-hybridized carbons (Fsp3) is 0.227. The van der Waals surface area contributed by atoms with E-state index < -0.39 is 10.0 Å². The van der Waals surface area contributed by atoms with Crippen molar-refractivity contribution in [2.24, 2.45) is 5.14 Å². The number of fused-ring (bicyclic) bond motifs is 1. The normalized spacial score (nSPS) is 11.9. The Kier molecular flexibility index (Phi) is 5.40. The van der Waals surface area contributed by atoms with Crippen molar-refractivity contribution in [3.05, 3.63) is 74.4 Å². The molecule has 10 heteroatoms. The number of aromatic nitrogens is 3. The van der Waals surface area contributed by atoms with E-state index in [0.717, 1.165) is 16.1 Å². The number of nitrogens with zero attached hydrogens (tertiary/aromatic N) is 3. The highest BCUT2D eigenvalue weighted by atomic mass is 32.2. The molecule has 0 spiro atoms. The third-order valence-electron chi connectivity index (χ3n) is 5.62. The molecule has 0 saturated heterocycles. The molecule has 0 aliphatic rings. The predicted molar refractivity (Wildman–Crippen MR) is 124 cm³/mol. The first kappa shape index (κ1) is 22.1. The van der Waals surface area contributed by atoms with Crippen LogP contribution in [0.25, 0.3) is 15.9 Å². The molecule has 0 unspecified atom stereocenters. The summed E-state index contributed by atoms with van der Waals surface area (Å²) >= 11 is 1.47. The summed E-state index contributed by atoms with van der Waals surface area (Å²) in [5.74, 6) is -0.210. The highest BCUT2D eigenvalue weighted by Crippen LogP contribution is 2.26. The Bertz CT molecular complexity index is 1540. The summed E-state index contributed by atoms with van der Waals surface area (Å²) < 4.78 is 26.2. The summed E-state index contributed by atoms with van der Waals surface area (Å²) in [5.41, 5.74) is 3.36. The Balaban J connectivity index is 1.69. The molecular weight excluding hydrogens is 448 g/mol. The van der Waals surface area contributed by atoms with Gasteiger partial charge in [-0.25, -0.2) is 18.5 Å². The zero-order chi connectivity index (χ0) is 23.4. The van der Waals surface area contributed by atoms with Gasteiger partial charge in [-0.2, -0.15) is 0 Å².